The second-order valence-electron chi connectivity index (χ2n) is 14.2. The zero-order chi connectivity index (χ0) is 31.0. The summed E-state index contributed by atoms with van der Waals surface area (Å²) < 4.78 is 0. The third-order valence-corrected chi connectivity index (χ3v) is 11.2. The van der Waals surface area contributed by atoms with Crippen molar-refractivity contribution in [1.29, 1.82) is 0 Å². The summed E-state index contributed by atoms with van der Waals surface area (Å²) in [7, 11) is 0. The molecule has 9 nitrogen and oxygen atoms in total. The molecule has 0 aromatic heterocycles. The first-order valence-corrected chi connectivity index (χ1v) is 15.6. The summed E-state index contributed by atoms with van der Waals surface area (Å²) in [6.45, 7) is 11.3. The number of terminal acetylenes is 1. The standard InChI is InChI=1S/C33H49N3O6/c1-8-33(41)16-13-25-23-10-9-21-17-22(11-14-31(21,6)24(23)12-15-32(25,33)7)36-42-18-26(37)34-27(19(2)3)29(38)35-28(20(4)5)30(39)40/h1,17,19-20,23-25,27-28,41H,9-16,18H2,2-7H3,(H,34,37)(H,35,38)(H,39,40)/t23?,24?,25?,27?,28?,31-,32-,33+/m0/s1. The van der Waals surface area contributed by atoms with Crippen LogP contribution in [0.1, 0.15) is 92.9 Å². The number of allylic oxidation sites excluding steroid dienone is 2. The van der Waals surface area contributed by atoms with Crippen LogP contribution in [-0.4, -0.2) is 58.0 Å². The van der Waals surface area contributed by atoms with Gasteiger partial charge in [-0.3, -0.25) is 9.59 Å². The first-order chi connectivity index (χ1) is 19.7. The Labute approximate surface area is 250 Å². The van der Waals surface area contributed by atoms with Gasteiger partial charge >= 0.3 is 5.97 Å². The van der Waals surface area contributed by atoms with Crippen LogP contribution < -0.4 is 10.6 Å². The Hall–Kier alpha value is -2.86. The molecule has 0 saturated heterocycles. The fourth-order valence-electron chi connectivity index (χ4n) is 8.58. The number of nitrogens with one attached hydrogen (secondary N) is 2. The fraction of sp³-hybridized carbons (Fsp3) is 0.758. The van der Waals surface area contributed by atoms with E-state index >= 15 is 0 Å². The van der Waals surface area contributed by atoms with Gasteiger partial charge in [0.15, 0.2) is 6.61 Å². The number of aliphatic carboxylic acids is 1. The number of hydrogen-bond acceptors (Lipinski definition) is 6. The van der Waals surface area contributed by atoms with Gasteiger partial charge in [-0.25, -0.2) is 4.79 Å². The van der Waals surface area contributed by atoms with Gasteiger partial charge in [0, 0.05) is 5.41 Å². The molecule has 4 aliphatic rings. The molecule has 3 fully saturated rings. The van der Waals surface area contributed by atoms with Gasteiger partial charge in [-0.2, -0.15) is 0 Å². The van der Waals surface area contributed by atoms with Crippen LogP contribution >= 0.6 is 0 Å². The number of carboxylic acid groups (broad SMARTS) is 1. The Bertz CT molecular complexity index is 1190. The second-order valence-corrected chi connectivity index (χ2v) is 14.2. The van der Waals surface area contributed by atoms with Gasteiger partial charge in [0.2, 0.25) is 5.91 Å². The first-order valence-electron chi connectivity index (χ1n) is 15.6. The van der Waals surface area contributed by atoms with E-state index in [1.54, 1.807) is 27.7 Å². The van der Waals surface area contributed by atoms with Crippen LogP contribution in [0.25, 0.3) is 0 Å². The number of carbonyl (C=O) groups excluding carboxylic acids is 2. The third-order valence-electron chi connectivity index (χ3n) is 11.2. The molecule has 3 saturated carbocycles. The third kappa shape index (κ3) is 5.71. The Morgan fingerprint density at radius 2 is 1.69 bits per heavy atom. The quantitative estimate of drug-likeness (QED) is 0.239. The van der Waals surface area contributed by atoms with Crippen molar-refractivity contribution in [3.8, 4) is 12.3 Å². The summed E-state index contributed by atoms with van der Waals surface area (Å²) in [6, 6.07) is -1.93. The highest BCUT2D eigenvalue weighted by atomic mass is 16.6. The van der Waals surface area contributed by atoms with Crippen LogP contribution in [0.2, 0.25) is 0 Å². The van der Waals surface area contributed by atoms with E-state index in [9.17, 15) is 24.6 Å². The molecular formula is C33H49N3O6. The van der Waals surface area contributed by atoms with Crippen molar-refractivity contribution >= 4 is 23.5 Å². The van der Waals surface area contributed by atoms with E-state index < -0.39 is 35.5 Å². The van der Waals surface area contributed by atoms with E-state index in [0.717, 1.165) is 50.7 Å². The van der Waals surface area contributed by atoms with Crippen LogP contribution in [0, 0.1) is 52.8 Å². The summed E-state index contributed by atoms with van der Waals surface area (Å²) >= 11 is 0. The average molecular weight is 584 g/mol. The van der Waals surface area contributed by atoms with Gasteiger partial charge < -0.3 is 25.7 Å². The molecule has 232 valence electrons. The summed E-state index contributed by atoms with van der Waals surface area (Å²) in [4.78, 5) is 42.3. The van der Waals surface area contributed by atoms with Crippen LogP contribution in [0.4, 0.5) is 0 Å². The van der Waals surface area contributed by atoms with Gasteiger partial charge in [-0.1, -0.05) is 58.2 Å². The van der Waals surface area contributed by atoms with E-state index in [0.29, 0.717) is 24.2 Å². The number of fused-ring (bicyclic) bond motifs is 5. The maximum Gasteiger partial charge on any atom is 0.326 e. The topological polar surface area (TPSA) is 137 Å². The fourth-order valence-corrected chi connectivity index (χ4v) is 8.58. The zero-order valence-corrected chi connectivity index (χ0v) is 26.0. The van der Waals surface area contributed by atoms with Crippen LogP contribution in [0.15, 0.2) is 16.8 Å². The average Bonchev–Trinajstić information content (AvgIpc) is 3.20. The van der Waals surface area contributed by atoms with E-state index in [1.807, 2.05) is 0 Å². The summed E-state index contributed by atoms with van der Waals surface area (Å²) in [5, 5.41) is 30.1. The molecule has 4 aliphatic carbocycles. The predicted octanol–water partition coefficient (Wildman–Crippen LogP) is 4.05. The smallest absolute Gasteiger partial charge is 0.326 e. The maximum absolute atomic E-state index is 12.8. The van der Waals surface area contributed by atoms with E-state index in [1.165, 1.54) is 5.57 Å². The Balaban J connectivity index is 1.36. The summed E-state index contributed by atoms with van der Waals surface area (Å²) in [5.41, 5.74) is 1.09. The summed E-state index contributed by atoms with van der Waals surface area (Å²) in [6.07, 6.45) is 15.5. The molecule has 0 heterocycles. The van der Waals surface area contributed by atoms with Gasteiger partial charge in [-0.05, 0) is 92.4 Å². The van der Waals surface area contributed by atoms with Gasteiger partial charge in [0.1, 0.15) is 17.7 Å². The number of nitrogens with zero attached hydrogens (tertiary/aromatic N) is 1. The number of amides is 2. The molecule has 4 N–H and O–H groups in total. The van der Waals surface area contributed by atoms with E-state index in [2.05, 4.69) is 41.6 Å². The van der Waals surface area contributed by atoms with Crippen LogP contribution in [0.5, 0.6) is 0 Å². The minimum absolute atomic E-state index is 0.0825. The molecular weight excluding hydrogens is 534 g/mol. The SMILES string of the molecule is C#C[C@@]1(O)CCC2C3CCC4=CC(=NOCC(=O)NC(C(=O)NC(C(=O)O)C(C)C)C(C)C)CC[C@]4(C)C3CC[C@@]21C. The van der Waals surface area contributed by atoms with Gasteiger partial charge in [0.05, 0.1) is 5.71 Å². The molecule has 2 amide bonds. The molecule has 8 atom stereocenters. The van der Waals surface area contributed by atoms with Crippen molar-refractivity contribution in [1.82, 2.24) is 10.6 Å². The number of aliphatic hydroxyl groups is 1. The highest BCUT2D eigenvalue weighted by molar-refractivity contribution is 5.96. The molecule has 0 spiro atoms. The van der Waals surface area contributed by atoms with Crippen molar-refractivity contribution in [3.05, 3.63) is 11.6 Å². The highest BCUT2D eigenvalue weighted by Gasteiger charge is 2.63. The molecule has 0 aliphatic heterocycles. The van der Waals surface area contributed by atoms with Crippen molar-refractivity contribution in [2.75, 3.05) is 6.61 Å². The Morgan fingerprint density at radius 3 is 2.31 bits per heavy atom. The molecule has 0 radical (unpaired) electrons. The number of rotatable bonds is 9. The van der Waals surface area contributed by atoms with Crippen LogP contribution in [0.3, 0.4) is 0 Å². The zero-order valence-electron chi connectivity index (χ0n) is 26.0. The molecule has 4 rings (SSSR count). The molecule has 9 heteroatoms. The summed E-state index contributed by atoms with van der Waals surface area (Å²) in [5.74, 6) is 1.62. The lowest BCUT2D eigenvalue weighted by Crippen LogP contribution is -2.55. The molecule has 0 bridgehead atoms. The van der Waals surface area contributed by atoms with Crippen molar-refractivity contribution in [2.24, 2.45) is 45.6 Å². The van der Waals surface area contributed by atoms with E-state index in [-0.39, 0.29) is 29.3 Å². The van der Waals surface area contributed by atoms with Crippen molar-refractivity contribution in [3.63, 3.8) is 0 Å². The number of oxime groups is 1. The monoisotopic (exact) mass is 583 g/mol. The number of carbonyl (C=O) groups is 3. The normalized spacial score (nSPS) is 36.1. The van der Waals surface area contributed by atoms with Gasteiger partial charge in [-0.15, -0.1) is 6.42 Å². The number of hydrogen-bond donors (Lipinski definition) is 4. The molecule has 5 unspecified atom stereocenters. The Kier molecular flexibility index (Phi) is 9.18. The minimum atomic E-state index is -1.12. The molecule has 0 aromatic rings. The lowest BCUT2D eigenvalue weighted by molar-refractivity contribution is -0.143. The lowest BCUT2D eigenvalue weighted by Gasteiger charge is -2.58. The van der Waals surface area contributed by atoms with Crippen molar-refractivity contribution in [2.45, 2.75) is 111 Å². The Morgan fingerprint density at radius 1 is 1.02 bits per heavy atom. The van der Waals surface area contributed by atoms with E-state index in [4.69, 9.17) is 11.3 Å². The number of carboxylic acids is 1. The van der Waals surface area contributed by atoms with Crippen molar-refractivity contribution < 1.29 is 29.4 Å². The lowest BCUT2D eigenvalue weighted by atomic mass is 9.46. The van der Waals surface area contributed by atoms with Gasteiger partial charge in [0.25, 0.3) is 5.91 Å². The minimum Gasteiger partial charge on any atom is -0.480 e. The predicted molar refractivity (Wildman–Crippen MR) is 160 cm³/mol. The second kappa shape index (κ2) is 12.0. The molecule has 42 heavy (non-hydrogen) atoms. The van der Waals surface area contributed by atoms with Crippen LogP contribution in [-0.2, 0) is 19.2 Å². The first kappa shape index (κ1) is 32.1. The largest absolute Gasteiger partial charge is 0.480 e. The maximum atomic E-state index is 12.8. The molecule has 0 aromatic carbocycles. The highest BCUT2D eigenvalue weighted by Crippen LogP contribution is 2.67.